The molecule has 0 saturated heterocycles. The van der Waals surface area contributed by atoms with Crippen LogP contribution in [0.25, 0.3) is 11.1 Å². The van der Waals surface area contributed by atoms with Gasteiger partial charge < -0.3 is 4.42 Å². The summed E-state index contributed by atoms with van der Waals surface area (Å²) in [6.45, 7) is 3.35. The molecule has 0 aliphatic carbocycles. The highest BCUT2D eigenvalue weighted by Gasteiger charge is 2.15. The van der Waals surface area contributed by atoms with Crippen LogP contribution >= 0.6 is 11.6 Å². The van der Waals surface area contributed by atoms with E-state index in [1.165, 1.54) is 12.1 Å². The van der Waals surface area contributed by atoms with Gasteiger partial charge in [0.15, 0.2) is 15.4 Å². The maximum absolute atomic E-state index is 11.7. The predicted molar refractivity (Wildman–Crippen MR) is 66.0 cm³/mol. The van der Waals surface area contributed by atoms with Gasteiger partial charge >= 0.3 is 0 Å². The summed E-state index contributed by atoms with van der Waals surface area (Å²) in [7, 11) is -3.22. The first-order valence-corrected chi connectivity index (χ1v) is 7.30. The number of oxazole rings is 1. The number of nitrogens with zero attached hydrogens (tertiary/aromatic N) is 1. The largest absolute Gasteiger partial charge is 0.439 e. The van der Waals surface area contributed by atoms with Crippen molar-refractivity contribution in [3.63, 3.8) is 0 Å². The molecule has 4 nitrogen and oxygen atoms in total. The van der Waals surface area contributed by atoms with Crippen molar-refractivity contribution in [1.82, 2.24) is 4.98 Å². The minimum absolute atomic E-state index is 0.0646. The number of sulfone groups is 1. The maximum Gasteiger partial charge on any atom is 0.213 e. The quantitative estimate of drug-likeness (QED) is 0.807. The summed E-state index contributed by atoms with van der Waals surface area (Å²) in [4.78, 5) is 4.42. The van der Waals surface area contributed by atoms with E-state index >= 15 is 0 Å². The van der Waals surface area contributed by atoms with Crippen LogP contribution in [0.5, 0.6) is 0 Å². The van der Waals surface area contributed by atoms with Gasteiger partial charge in [-0.2, -0.15) is 0 Å². The molecule has 0 fully saturated rings. The van der Waals surface area contributed by atoms with Crippen LogP contribution in [0.2, 0.25) is 0 Å². The average Bonchev–Trinajstić information content (AvgIpc) is 2.71. The minimum atomic E-state index is -3.22. The van der Waals surface area contributed by atoms with Crippen molar-refractivity contribution in [2.75, 3.05) is 5.75 Å². The van der Waals surface area contributed by atoms with Crippen molar-refractivity contribution >= 4 is 32.5 Å². The summed E-state index contributed by atoms with van der Waals surface area (Å²) in [5.41, 5.74) is 1.06. The predicted octanol–water partition coefficient (Wildman–Crippen LogP) is 2.92. The van der Waals surface area contributed by atoms with Crippen LogP contribution in [0.3, 0.4) is 0 Å². The molecule has 6 heteroatoms. The number of halogens is 1. The molecule has 92 valence electrons. The highest BCUT2D eigenvalue weighted by Crippen LogP contribution is 2.25. The molecule has 0 aliphatic heterocycles. The van der Waals surface area contributed by atoms with Gasteiger partial charge in [-0.3, -0.25) is 0 Å². The molecule has 17 heavy (non-hydrogen) atoms. The summed E-state index contributed by atoms with van der Waals surface area (Å²) >= 11 is 5.86. The van der Waals surface area contributed by atoms with Crippen molar-refractivity contribution in [1.29, 1.82) is 0 Å². The van der Waals surface area contributed by atoms with E-state index in [9.17, 15) is 8.42 Å². The molecule has 0 N–H and O–H groups in total. The van der Waals surface area contributed by atoms with Crippen LogP contribution in [0.15, 0.2) is 27.5 Å². The molecule has 0 saturated carbocycles. The Morgan fingerprint density at radius 2 is 2.18 bits per heavy atom. The first-order chi connectivity index (χ1) is 7.94. The van der Waals surface area contributed by atoms with Gasteiger partial charge in [-0.05, 0) is 25.1 Å². The number of hydrogen-bond acceptors (Lipinski definition) is 4. The van der Waals surface area contributed by atoms with Crippen molar-refractivity contribution in [2.45, 2.75) is 24.1 Å². The average molecular weight is 274 g/mol. The molecule has 0 bridgehead atoms. The molecule has 0 amide bonds. The Morgan fingerprint density at radius 1 is 1.47 bits per heavy atom. The lowest BCUT2D eigenvalue weighted by Crippen LogP contribution is -2.03. The Bertz CT molecular complexity index is 646. The van der Waals surface area contributed by atoms with E-state index in [0.717, 1.165) is 0 Å². The van der Waals surface area contributed by atoms with Gasteiger partial charge in [0.05, 0.1) is 10.6 Å². The third-order valence-electron chi connectivity index (χ3n) is 2.46. The van der Waals surface area contributed by atoms with Crippen molar-refractivity contribution in [3.8, 4) is 0 Å². The maximum atomic E-state index is 11.7. The standard InChI is InChI=1S/C11H12ClNO3S/c1-3-17(14,15)8-4-5-10-9(6-8)13-11(16-10)7(2)12/h4-7H,3H2,1-2H3/t7-/m1/s1. The van der Waals surface area contributed by atoms with E-state index in [0.29, 0.717) is 17.0 Å². The Morgan fingerprint density at radius 3 is 2.76 bits per heavy atom. The monoisotopic (exact) mass is 273 g/mol. The lowest BCUT2D eigenvalue weighted by Gasteiger charge is -1.99. The van der Waals surface area contributed by atoms with Crippen LogP contribution in [-0.4, -0.2) is 19.2 Å². The summed E-state index contributed by atoms with van der Waals surface area (Å²) in [5, 5.41) is -0.339. The summed E-state index contributed by atoms with van der Waals surface area (Å²) in [5.74, 6) is 0.461. The highest BCUT2D eigenvalue weighted by molar-refractivity contribution is 7.91. The summed E-state index contributed by atoms with van der Waals surface area (Å²) in [6.07, 6.45) is 0. The van der Waals surface area contributed by atoms with Gasteiger partial charge in [0.1, 0.15) is 10.9 Å². The molecular formula is C11H12ClNO3S. The van der Waals surface area contributed by atoms with Crippen molar-refractivity contribution in [2.24, 2.45) is 0 Å². The van der Waals surface area contributed by atoms with Gasteiger partial charge in [0, 0.05) is 0 Å². The van der Waals surface area contributed by atoms with Crippen LogP contribution < -0.4 is 0 Å². The lowest BCUT2D eigenvalue weighted by atomic mass is 10.3. The normalized spacial score (nSPS) is 14.1. The second-order valence-corrected chi connectivity index (χ2v) is 6.63. The topological polar surface area (TPSA) is 60.2 Å². The minimum Gasteiger partial charge on any atom is -0.439 e. The second kappa shape index (κ2) is 4.31. The number of benzene rings is 1. The Balaban J connectivity index is 2.58. The van der Waals surface area contributed by atoms with Crippen LogP contribution in [0.1, 0.15) is 25.1 Å². The number of hydrogen-bond donors (Lipinski definition) is 0. The van der Waals surface area contributed by atoms with Gasteiger partial charge in [-0.15, -0.1) is 11.6 Å². The molecule has 1 aromatic heterocycles. The number of fused-ring (bicyclic) bond motifs is 1. The zero-order valence-electron chi connectivity index (χ0n) is 9.47. The Kier molecular flexibility index (Phi) is 3.14. The molecule has 1 aromatic carbocycles. The zero-order chi connectivity index (χ0) is 12.6. The highest BCUT2D eigenvalue weighted by atomic mass is 35.5. The second-order valence-electron chi connectivity index (χ2n) is 3.70. The fraction of sp³-hybridized carbons (Fsp3) is 0.364. The molecule has 0 radical (unpaired) electrons. The number of rotatable bonds is 3. The molecular weight excluding hydrogens is 262 g/mol. The van der Waals surface area contributed by atoms with E-state index in [2.05, 4.69) is 4.98 Å². The van der Waals surface area contributed by atoms with E-state index < -0.39 is 9.84 Å². The fourth-order valence-electron chi connectivity index (χ4n) is 1.46. The first kappa shape index (κ1) is 12.4. The van der Waals surface area contributed by atoms with E-state index in [4.69, 9.17) is 16.0 Å². The molecule has 2 aromatic rings. The van der Waals surface area contributed by atoms with E-state index in [1.54, 1.807) is 19.9 Å². The van der Waals surface area contributed by atoms with Crippen LogP contribution in [-0.2, 0) is 9.84 Å². The van der Waals surface area contributed by atoms with E-state index in [-0.39, 0.29) is 16.0 Å². The number of alkyl halides is 1. The lowest BCUT2D eigenvalue weighted by molar-refractivity contribution is 0.531. The summed E-state index contributed by atoms with van der Waals surface area (Å²) in [6, 6.07) is 4.64. The third-order valence-corrected chi connectivity index (χ3v) is 4.37. The van der Waals surface area contributed by atoms with Crippen molar-refractivity contribution in [3.05, 3.63) is 24.1 Å². The van der Waals surface area contributed by atoms with Gasteiger partial charge in [0.25, 0.3) is 0 Å². The first-order valence-electron chi connectivity index (χ1n) is 5.21. The smallest absolute Gasteiger partial charge is 0.213 e. The molecule has 0 spiro atoms. The molecule has 1 atom stereocenters. The zero-order valence-corrected chi connectivity index (χ0v) is 11.0. The van der Waals surface area contributed by atoms with Gasteiger partial charge in [0.2, 0.25) is 5.89 Å². The van der Waals surface area contributed by atoms with Crippen molar-refractivity contribution < 1.29 is 12.8 Å². The Labute approximate surface area is 105 Å². The van der Waals surface area contributed by atoms with Gasteiger partial charge in [-0.25, -0.2) is 13.4 Å². The van der Waals surface area contributed by atoms with Gasteiger partial charge in [-0.1, -0.05) is 6.92 Å². The molecule has 2 rings (SSSR count). The molecule has 0 unspecified atom stereocenters. The Hall–Kier alpha value is -1.07. The third kappa shape index (κ3) is 2.30. The molecule has 1 heterocycles. The molecule has 0 aliphatic rings. The summed E-state index contributed by atoms with van der Waals surface area (Å²) < 4.78 is 28.8. The van der Waals surface area contributed by atoms with Crippen LogP contribution in [0.4, 0.5) is 0 Å². The fourth-order valence-corrected chi connectivity index (χ4v) is 2.45. The SMILES string of the molecule is CCS(=O)(=O)c1ccc2oc([C@@H](C)Cl)nc2c1. The number of aromatic nitrogens is 1. The van der Waals surface area contributed by atoms with Crippen LogP contribution in [0, 0.1) is 0 Å². The van der Waals surface area contributed by atoms with E-state index in [1.807, 2.05) is 0 Å².